The van der Waals surface area contributed by atoms with Gasteiger partial charge in [-0.05, 0) is 35.9 Å². The van der Waals surface area contributed by atoms with E-state index in [4.69, 9.17) is 21.1 Å². The number of hydrogen-bond acceptors (Lipinski definition) is 6. The van der Waals surface area contributed by atoms with Gasteiger partial charge in [-0.15, -0.1) is 0 Å². The van der Waals surface area contributed by atoms with Crippen molar-refractivity contribution in [2.45, 2.75) is 6.61 Å². The third kappa shape index (κ3) is 5.03. The average molecular weight is 428 g/mol. The summed E-state index contributed by atoms with van der Waals surface area (Å²) in [6.07, 6.45) is 4.61. The lowest BCUT2D eigenvalue weighted by atomic mass is 10.1. The van der Waals surface area contributed by atoms with Gasteiger partial charge in [0.1, 0.15) is 18.1 Å². The fourth-order valence-corrected chi connectivity index (χ4v) is 2.99. The number of nitrogens with zero attached hydrogens (tertiary/aromatic N) is 3. The standard InChI is InChI=1S/C21H18ClN3O5/c1-24-12-18(22)21(23-24)19(26)9-3-14-4-10-20(29-2)15(11-14)13-30-17-7-5-16(6-8-17)25(27)28/h3-12H,13H2,1-2H3/b9-3+. The number of ketones is 1. The molecule has 0 radical (unpaired) electrons. The van der Waals surface area contributed by atoms with Crippen molar-refractivity contribution in [3.63, 3.8) is 0 Å². The van der Waals surface area contributed by atoms with Gasteiger partial charge in [0.25, 0.3) is 5.69 Å². The molecule has 2 aromatic carbocycles. The molecular formula is C21H18ClN3O5. The summed E-state index contributed by atoms with van der Waals surface area (Å²) in [5, 5.41) is 15.1. The van der Waals surface area contributed by atoms with E-state index in [1.54, 1.807) is 38.6 Å². The van der Waals surface area contributed by atoms with Crippen molar-refractivity contribution in [3.8, 4) is 11.5 Å². The number of halogens is 1. The van der Waals surface area contributed by atoms with Crippen molar-refractivity contribution in [1.82, 2.24) is 9.78 Å². The fourth-order valence-electron chi connectivity index (χ4n) is 2.72. The first kappa shape index (κ1) is 21.1. The molecule has 0 saturated heterocycles. The van der Waals surface area contributed by atoms with E-state index in [1.807, 2.05) is 6.07 Å². The molecule has 0 spiro atoms. The summed E-state index contributed by atoms with van der Waals surface area (Å²) < 4.78 is 12.6. The molecule has 0 aliphatic carbocycles. The smallest absolute Gasteiger partial charge is 0.269 e. The van der Waals surface area contributed by atoms with Crippen molar-refractivity contribution in [2.75, 3.05) is 7.11 Å². The fraction of sp³-hybridized carbons (Fsp3) is 0.143. The molecule has 0 atom stereocenters. The van der Waals surface area contributed by atoms with Crippen LogP contribution >= 0.6 is 11.6 Å². The Labute approximate surface area is 177 Å². The first-order chi connectivity index (χ1) is 14.4. The minimum absolute atomic E-state index is 0.00950. The predicted molar refractivity (Wildman–Crippen MR) is 112 cm³/mol. The van der Waals surface area contributed by atoms with E-state index in [0.717, 1.165) is 11.1 Å². The second-order valence-electron chi connectivity index (χ2n) is 6.31. The number of benzene rings is 2. The summed E-state index contributed by atoms with van der Waals surface area (Å²) >= 11 is 6.00. The van der Waals surface area contributed by atoms with Crippen LogP contribution in [-0.2, 0) is 13.7 Å². The summed E-state index contributed by atoms with van der Waals surface area (Å²) in [4.78, 5) is 22.6. The van der Waals surface area contributed by atoms with Gasteiger partial charge in [0.2, 0.25) is 5.78 Å². The van der Waals surface area contributed by atoms with E-state index in [9.17, 15) is 14.9 Å². The first-order valence-electron chi connectivity index (χ1n) is 8.83. The van der Waals surface area contributed by atoms with Gasteiger partial charge in [0, 0.05) is 30.9 Å². The van der Waals surface area contributed by atoms with Crippen LogP contribution in [0, 0.1) is 10.1 Å². The number of non-ortho nitro benzene ring substituents is 1. The van der Waals surface area contributed by atoms with E-state index in [1.165, 1.54) is 35.0 Å². The topological polar surface area (TPSA) is 96.5 Å². The van der Waals surface area contributed by atoms with Crippen molar-refractivity contribution < 1.29 is 19.2 Å². The van der Waals surface area contributed by atoms with Crippen LogP contribution in [0.5, 0.6) is 11.5 Å². The SMILES string of the molecule is COc1ccc(/C=C/C(=O)c2nn(C)cc2Cl)cc1COc1ccc([N+](=O)[O-])cc1. The monoisotopic (exact) mass is 427 g/mol. The average Bonchev–Trinajstić information content (AvgIpc) is 3.08. The quantitative estimate of drug-likeness (QED) is 0.228. The highest BCUT2D eigenvalue weighted by atomic mass is 35.5. The minimum Gasteiger partial charge on any atom is -0.496 e. The number of carbonyl (C=O) groups is 1. The second-order valence-corrected chi connectivity index (χ2v) is 6.72. The number of aryl methyl sites for hydroxylation is 1. The Bertz CT molecular complexity index is 1110. The van der Waals surface area contributed by atoms with Gasteiger partial charge in [-0.25, -0.2) is 0 Å². The van der Waals surface area contributed by atoms with Crippen LogP contribution in [-0.4, -0.2) is 27.6 Å². The van der Waals surface area contributed by atoms with E-state index in [0.29, 0.717) is 16.5 Å². The van der Waals surface area contributed by atoms with Gasteiger partial charge >= 0.3 is 0 Å². The summed E-state index contributed by atoms with van der Waals surface area (Å²) in [5.41, 5.74) is 1.69. The van der Waals surface area contributed by atoms with Gasteiger partial charge < -0.3 is 9.47 Å². The highest BCUT2D eigenvalue weighted by molar-refractivity contribution is 6.34. The van der Waals surface area contributed by atoms with Crippen molar-refractivity contribution >= 4 is 29.1 Å². The number of hydrogen-bond donors (Lipinski definition) is 0. The van der Waals surface area contributed by atoms with Crippen LogP contribution in [0.1, 0.15) is 21.6 Å². The molecule has 8 nitrogen and oxygen atoms in total. The van der Waals surface area contributed by atoms with Gasteiger partial charge in [-0.1, -0.05) is 23.7 Å². The Morgan fingerprint density at radius 1 is 1.27 bits per heavy atom. The van der Waals surface area contributed by atoms with Gasteiger partial charge in [0.15, 0.2) is 5.69 Å². The van der Waals surface area contributed by atoms with E-state index >= 15 is 0 Å². The third-order valence-corrected chi connectivity index (χ3v) is 4.47. The minimum atomic E-state index is -0.470. The summed E-state index contributed by atoms with van der Waals surface area (Å²) in [6, 6.07) is 11.2. The van der Waals surface area contributed by atoms with Gasteiger partial charge in [-0.3, -0.25) is 19.6 Å². The maximum atomic E-state index is 12.3. The number of methoxy groups -OCH3 is 1. The van der Waals surface area contributed by atoms with Crippen molar-refractivity contribution in [1.29, 1.82) is 0 Å². The number of ether oxygens (including phenoxy) is 2. The molecule has 0 aliphatic heterocycles. The zero-order valence-corrected chi connectivity index (χ0v) is 17.0. The normalized spacial score (nSPS) is 10.9. The lowest BCUT2D eigenvalue weighted by molar-refractivity contribution is -0.384. The van der Waals surface area contributed by atoms with Crippen LogP contribution in [0.2, 0.25) is 5.02 Å². The van der Waals surface area contributed by atoms with Crippen LogP contribution in [0.25, 0.3) is 6.08 Å². The molecule has 0 amide bonds. The predicted octanol–water partition coefficient (Wildman–Crippen LogP) is 4.47. The molecule has 9 heteroatoms. The Balaban J connectivity index is 1.73. The van der Waals surface area contributed by atoms with Gasteiger partial charge in [0.05, 0.1) is 17.1 Å². The Morgan fingerprint density at radius 2 is 2.00 bits per heavy atom. The molecule has 0 N–H and O–H groups in total. The first-order valence-corrected chi connectivity index (χ1v) is 9.21. The number of aromatic nitrogens is 2. The lowest BCUT2D eigenvalue weighted by Crippen LogP contribution is -2.00. The lowest BCUT2D eigenvalue weighted by Gasteiger charge is -2.11. The largest absolute Gasteiger partial charge is 0.496 e. The Morgan fingerprint density at radius 3 is 2.60 bits per heavy atom. The summed E-state index contributed by atoms with van der Waals surface area (Å²) in [6.45, 7) is 0.183. The van der Waals surface area contributed by atoms with Crippen LogP contribution < -0.4 is 9.47 Å². The van der Waals surface area contributed by atoms with Gasteiger partial charge in [-0.2, -0.15) is 5.10 Å². The molecule has 1 heterocycles. The number of nitro groups is 1. The molecule has 30 heavy (non-hydrogen) atoms. The zero-order chi connectivity index (χ0) is 21.7. The molecule has 0 bridgehead atoms. The highest BCUT2D eigenvalue weighted by Gasteiger charge is 2.12. The van der Waals surface area contributed by atoms with E-state index in [2.05, 4.69) is 5.10 Å². The molecule has 154 valence electrons. The molecule has 0 aliphatic rings. The Kier molecular flexibility index (Phi) is 6.48. The number of allylic oxidation sites excluding steroid dienone is 1. The number of carbonyl (C=O) groups excluding carboxylic acids is 1. The van der Waals surface area contributed by atoms with Crippen molar-refractivity contribution in [3.05, 3.63) is 86.7 Å². The molecule has 0 saturated carbocycles. The number of nitro benzene ring substituents is 1. The van der Waals surface area contributed by atoms with Crippen LogP contribution in [0.3, 0.4) is 0 Å². The molecule has 1 aromatic heterocycles. The summed E-state index contributed by atoms with van der Waals surface area (Å²) in [7, 11) is 3.24. The number of rotatable bonds is 8. The van der Waals surface area contributed by atoms with Crippen LogP contribution in [0.4, 0.5) is 5.69 Å². The Hall–Kier alpha value is -3.65. The zero-order valence-electron chi connectivity index (χ0n) is 16.2. The second kappa shape index (κ2) is 9.23. The van der Waals surface area contributed by atoms with E-state index < -0.39 is 4.92 Å². The van der Waals surface area contributed by atoms with Crippen molar-refractivity contribution in [2.24, 2.45) is 7.05 Å². The molecule has 3 aromatic rings. The maximum absolute atomic E-state index is 12.3. The highest BCUT2D eigenvalue weighted by Crippen LogP contribution is 2.24. The van der Waals surface area contributed by atoms with Crippen LogP contribution in [0.15, 0.2) is 54.7 Å². The molecular weight excluding hydrogens is 410 g/mol. The maximum Gasteiger partial charge on any atom is 0.269 e. The third-order valence-electron chi connectivity index (χ3n) is 4.19. The van der Waals surface area contributed by atoms with E-state index in [-0.39, 0.29) is 23.8 Å². The molecule has 3 rings (SSSR count). The molecule has 0 unspecified atom stereocenters. The molecule has 0 fully saturated rings. The summed E-state index contributed by atoms with van der Waals surface area (Å²) in [5.74, 6) is 0.803.